The highest BCUT2D eigenvalue weighted by Gasteiger charge is 2.31. The van der Waals surface area contributed by atoms with Crippen LogP contribution in [0.3, 0.4) is 0 Å². The number of carbonyl (C=O) groups is 2. The zero-order valence-corrected chi connectivity index (χ0v) is 25.0. The van der Waals surface area contributed by atoms with Gasteiger partial charge < -0.3 is 25.4 Å². The number of carbonyl (C=O) groups excluding carboxylic acids is 2. The Labute approximate surface area is 266 Å². The molecule has 1 aliphatic heterocycles. The summed E-state index contributed by atoms with van der Waals surface area (Å²) in [5.41, 5.74) is 1.51. The predicted molar refractivity (Wildman–Crippen MR) is 158 cm³/mol. The van der Waals surface area contributed by atoms with Crippen LogP contribution in [0.4, 0.5) is 36.8 Å². The van der Waals surface area contributed by atoms with Gasteiger partial charge in [-0.2, -0.15) is 13.2 Å². The van der Waals surface area contributed by atoms with E-state index in [2.05, 4.69) is 31.6 Å². The average molecular weight is 664 g/mol. The maximum Gasteiger partial charge on any atom is 0.421 e. The number of amides is 2. The van der Waals surface area contributed by atoms with Crippen molar-refractivity contribution in [2.24, 2.45) is 0 Å². The van der Waals surface area contributed by atoms with Crippen molar-refractivity contribution in [3.8, 4) is 12.0 Å². The summed E-state index contributed by atoms with van der Waals surface area (Å²) in [7, 11) is 1.56. The van der Waals surface area contributed by atoms with Crippen molar-refractivity contribution in [2.75, 3.05) is 32.1 Å². The molecule has 2 heterocycles. The Kier molecular flexibility index (Phi) is 12.2. The molecular formula is C32H31F6N5O4. The number of ether oxygens (including phenoxy) is 2. The van der Waals surface area contributed by atoms with Crippen LogP contribution >= 0.6 is 0 Å². The van der Waals surface area contributed by atoms with Crippen LogP contribution in [-0.4, -0.2) is 68.1 Å². The molecular weight excluding hydrogens is 632 g/mol. The van der Waals surface area contributed by atoms with E-state index in [0.29, 0.717) is 17.5 Å². The standard InChI is InChI=1S/C32H31F6N5O4/c1-39-29(28(19-2-6-21(33)7-3-19)20-4-8-22(34)9-5-20)30(44)43-27-16-40-15-26(35)25(27)11-10-24-14-41-23(17-47-24)12-13-46-31(45)42-18-32(36,37)38/h2-9,15-16,23-24,28-29,39,41H,10-11,14,17-18H2,1H3,(H,42,45)(H,43,44)/t23-,24-,29+/m1/s1. The third kappa shape index (κ3) is 10.4. The summed E-state index contributed by atoms with van der Waals surface area (Å²) < 4.78 is 89.1. The highest BCUT2D eigenvalue weighted by molar-refractivity contribution is 5.96. The Balaban J connectivity index is 1.38. The minimum Gasteiger partial charge on any atom is -0.374 e. The number of likely N-dealkylation sites (N-methyl/N-ethyl adjacent to an activating group) is 1. The first kappa shape index (κ1) is 35.2. The van der Waals surface area contributed by atoms with Crippen molar-refractivity contribution in [1.82, 2.24) is 20.9 Å². The second-order valence-electron chi connectivity index (χ2n) is 10.5. The zero-order valence-electron chi connectivity index (χ0n) is 25.0. The van der Waals surface area contributed by atoms with Gasteiger partial charge >= 0.3 is 12.3 Å². The fourth-order valence-electron chi connectivity index (χ4n) is 4.96. The van der Waals surface area contributed by atoms with Gasteiger partial charge in [-0.25, -0.2) is 18.0 Å². The lowest BCUT2D eigenvalue weighted by molar-refractivity contribution is -0.123. The second kappa shape index (κ2) is 16.3. The summed E-state index contributed by atoms with van der Waals surface area (Å²) in [5, 5.41) is 10.3. The first-order valence-electron chi connectivity index (χ1n) is 14.4. The first-order chi connectivity index (χ1) is 22.4. The zero-order chi connectivity index (χ0) is 34.0. The Morgan fingerprint density at radius 3 is 2.23 bits per heavy atom. The largest absolute Gasteiger partial charge is 0.421 e. The summed E-state index contributed by atoms with van der Waals surface area (Å²) >= 11 is 0. The van der Waals surface area contributed by atoms with E-state index in [9.17, 15) is 31.5 Å². The fourth-order valence-corrected chi connectivity index (χ4v) is 4.96. The molecule has 15 heteroatoms. The van der Waals surface area contributed by atoms with Crippen molar-refractivity contribution >= 4 is 17.7 Å². The minimum absolute atomic E-state index is 0.0611. The van der Waals surface area contributed by atoms with Crippen LogP contribution in [-0.2, 0) is 20.7 Å². The van der Waals surface area contributed by atoms with Gasteiger partial charge in [0.2, 0.25) is 5.91 Å². The molecule has 1 saturated heterocycles. The number of halogens is 6. The van der Waals surface area contributed by atoms with E-state index < -0.39 is 60.2 Å². The van der Waals surface area contributed by atoms with Gasteiger partial charge in [0.05, 0.1) is 42.9 Å². The molecule has 47 heavy (non-hydrogen) atoms. The number of alkyl halides is 3. The number of morpholine rings is 1. The van der Waals surface area contributed by atoms with Gasteiger partial charge in [-0.3, -0.25) is 15.1 Å². The van der Waals surface area contributed by atoms with Crippen LogP contribution < -0.4 is 21.3 Å². The van der Waals surface area contributed by atoms with E-state index in [-0.39, 0.29) is 36.9 Å². The molecule has 3 atom stereocenters. The van der Waals surface area contributed by atoms with Crippen molar-refractivity contribution < 1.29 is 45.4 Å². The molecule has 9 nitrogen and oxygen atoms in total. The van der Waals surface area contributed by atoms with Crippen LogP contribution in [0, 0.1) is 29.5 Å². The molecule has 0 spiro atoms. The average Bonchev–Trinajstić information content (AvgIpc) is 3.04. The second-order valence-corrected chi connectivity index (χ2v) is 10.5. The molecule has 3 aromatic rings. The van der Waals surface area contributed by atoms with Crippen LogP contribution in [0.2, 0.25) is 0 Å². The molecule has 0 bridgehead atoms. The van der Waals surface area contributed by atoms with Gasteiger partial charge in [0.25, 0.3) is 0 Å². The van der Waals surface area contributed by atoms with E-state index in [4.69, 9.17) is 4.74 Å². The summed E-state index contributed by atoms with van der Waals surface area (Å²) in [5.74, 6) is -0.245. The third-order valence-electron chi connectivity index (χ3n) is 7.26. The number of hydrogen-bond donors (Lipinski definition) is 4. The number of aromatic nitrogens is 1. The smallest absolute Gasteiger partial charge is 0.374 e. The van der Waals surface area contributed by atoms with Crippen LogP contribution in [0.1, 0.15) is 29.0 Å². The van der Waals surface area contributed by atoms with Crippen molar-refractivity contribution in [2.45, 2.75) is 43.1 Å². The quantitative estimate of drug-likeness (QED) is 0.188. The summed E-state index contributed by atoms with van der Waals surface area (Å²) in [6.07, 6.45) is -1.44. The van der Waals surface area contributed by atoms with Crippen molar-refractivity contribution in [1.29, 1.82) is 0 Å². The van der Waals surface area contributed by atoms with E-state index in [0.717, 1.165) is 6.20 Å². The number of benzene rings is 2. The maximum absolute atomic E-state index is 15.0. The molecule has 4 N–H and O–H groups in total. The fraction of sp³-hybridized carbons (Fsp3) is 0.344. The van der Waals surface area contributed by atoms with E-state index in [1.54, 1.807) is 7.05 Å². The molecule has 0 saturated carbocycles. The van der Waals surface area contributed by atoms with Gasteiger partial charge in [0.1, 0.15) is 30.1 Å². The Morgan fingerprint density at radius 2 is 1.68 bits per heavy atom. The number of alkyl carbamates (subject to hydrolysis) is 1. The summed E-state index contributed by atoms with van der Waals surface area (Å²) in [6.45, 7) is -1.20. The van der Waals surface area contributed by atoms with Crippen LogP contribution in [0.25, 0.3) is 0 Å². The molecule has 0 unspecified atom stereocenters. The number of anilines is 1. The van der Waals surface area contributed by atoms with Gasteiger partial charge in [0, 0.05) is 18.0 Å². The summed E-state index contributed by atoms with van der Waals surface area (Å²) in [6, 6.07) is 9.68. The highest BCUT2D eigenvalue weighted by atomic mass is 19.4. The van der Waals surface area contributed by atoms with E-state index in [1.165, 1.54) is 60.0 Å². The predicted octanol–water partition coefficient (Wildman–Crippen LogP) is 4.40. The summed E-state index contributed by atoms with van der Waals surface area (Å²) in [4.78, 5) is 28.8. The van der Waals surface area contributed by atoms with Crippen LogP contribution in [0.15, 0.2) is 60.9 Å². The molecule has 1 fully saturated rings. The number of hydrogen-bond acceptors (Lipinski definition) is 7. The van der Waals surface area contributed by atoms with Gasteiger partial charge in [-0.15, -0.1) is 0 Å². The number of pyridine rings is 1. The van der Waals surface area contributed by atoms with Gasteiger partial charge in [-0.1, -0.05) is 24.3 Å². The Bertz CT molecular complexity index is 1520. The van der Waals surface area contributed by atoms with Gasteiger partial charge in [0.15, 0.2) is 0 Å². The van der Waals surface area contributed by atoms with Gasteiger partial charge in [-0.05, 0) is 61.2 Å². The van der Waals surface area contributed by atoms with Crippen molar-refractivity contribution in [3.63, 3.8) is 0 Å². The maximum atomic E-state index is 15.0. The SMILES string of the molecule is CN[C@H](C(=O)Nc1cncc(F)c1CC[C@@H]1CN[C@H](C#COC(=O)NCC(F)(F)F)CO1)C(c1ccc(F)cc1)c1ccc(F)cc1. The number of nitrogens with zero attached hydrogens (tertiary/aromatic N) is 1. The topological polar surface area (TPSA) is 114 Å². The molecule has 250 valence electrons. The molecule has 2 amide bonds. The Morgan fingerprint density at radius 1 is 1.04 bits per heavy atom. The molecule has 1 aliphatic rings. The number of nitrogens with one attached hydrogen (secondary N) is 4. The molecule has 4 rings (SSSR count). The molecule has 0 aliphatic carbocycles. The highest BCUT2D eigenvalue weighted by Crippen LogP contribution is 2.30. The monoisotopic (exact) mass is 663 g/mol. The van der Waals surface area contributed by atoms with E-state index >= 15 is 4.39 Å². The normalized spacial score (nSPS) is 16.9. The van der Waals surface area contributed by atoms with Crippen LogP contribution in [0.5, 0.6) is 0 Å². The molecule has 0 radical (unpaired) electrons. The molecule has 1 aromatic heterocycles. The molecule has 2 aromatic carbocycles. The lowest BCUT2D eigenvalue weighted by Gasteiger charge is -2.28. The first-order valence-corrected chi connectivity index (χ1v) is 14.4. The Hall–Kier alpha value is -4.65. The minimum atomic E-state index is -4.58. The lowest BCUT2D eigenvalue weighted by Crippen LogP contribution is -2.46. The third-order valence-corrected chi connectivity index (χ3v) is 7.26. The number of rotatable bonds is 10. The van der Waals surface area contributed by atoms with E-state index in [1.807, 2.05) is 6.11 Å². The van der Waals surface area contributed by atoms with Crippen molar-refractivity contribution in [3.05, 3.63) is 95.1 Å². The lowest BCUT2D eigenvalue weighted by atomic mass is 9.84.